The van der Waals surface area contributed by atoms with E-state index in [1.165, 1.54) is 13.2 Å². The Hall–Kier alpha value is -3.14. The summed E-state index contributed by atoms with van der Waals surface area (Å²) in [7, 11) is 1.40. The van der Waals surface area contributed by atoms with Gasteiger partial charge in [0.05, 0.1) is 12.7 Å². The van der Waals surface area contributed by atoms with Crippen LogP contribution in [0.4, 0.5) is 15.9 Å². The molecule has 0 saturated carbocycles. The molecule has 1 aromatic heterocycles. The van der Waals surface area contributed by atoms with E-state index in [9.17, 15) is 9.18 Å². The summed E-state index contributed by atoms with van der Waals surface area (Å²) < 4.78 is 19.1. The Morgan fingerprint density at radius 2 is 2.24 bits per heavy atom. The van der Waals surface area contributed by atoms with Gasteiger partial charge in [-0.25, -0.2) is 14.2 Å². The molecule has 0 aliphatic rings. The Morgan fingerprint density at radius 3 is 2.86 bits per heavy atom. The smallest absolute Gasteiger partial charge is 0.338 e. The van der Waals surface area contributed by atoms with Crippen molar-refractivity contribution in [2.45, 2.75) is 0 Å². The van der Waals surface area contributed by atoms with Crippen molar-refractivity contribution in [2.24, 2.45) is 0 Å². The van der Waals surface area contributed by atoms with Crippen molar-refractivity contribution in [1.82, 2.24) is 4.98 Å². The van der Waals surface area contributed by atoms with E-state index in [1.807, 2.05) is 6.07 Å². The minimum absolute atomic E-state index is 0.219. The van der Waals surface area contributed by atoms with Crippen LogP contribution in [0.3, 0.4) is 0 Å². The Kier molecular flexibility index (Phi) is 4.00. The average Bonchev–Trinajstić information content (AvgIpc) is 2.49. The monoisotopic (exact) mass is 287 g/mol. The van der Waals surface area contributed by atoms with Crippen LogP contribution in [0.25, 0.3) is 0 Å². The van der Waals surface area contributed by atoms with Gasteiger partial charge in [0.1, 0.15) is 23.1 Å². The van der Waals surface area contributed by atoms with Gasteiger partial charge in [0, 0.05) is 6.20 Å². The van der Waals surface area contributed by atoms with Crippen LogP contribution in [0, 0.1) is 17.1 Å². The van der Waals surface area contributed by atoms with Crippen LogP contribution in [-0.2, 0) is 0 Å². The third-order valence-electron chi connectivity index (χ3n) is 2.73. The Balaban J connectivity index is 2.51. The Labute approximate surface area is 119 Å². The fourth-order valence-electron chi connectivity index (χ4n) is 1.74. The number of halogens is 1. The zero-order chi connectivity index (χ0) is 15.4. The fourth-order valence-corrected chi connectivity index (χ4v) is 1.74. The lowest BCUT2D eigenvalue weighted by Crippen LogP contribution is -2.07. The van der Waals surface area contributed by atoms with Crippen LogP contribution in [-0.4, -0.2) is 23.2 Å². The predicted molar refractivity (Wildman–Crippen MR) is 72.1 cm³/mol. The number of aromatic carboxylic acids is 1. The number of hydrogen-bond acceptors (Lipinski definition) is 5. The minimum atomic E-state index is -1.40. The SMILES string of the molecule is COc1cccc(C#N)c1Nc1nccc(C(=O)O)c1F. The van der Waals surface area contributed by atoms with Crippen molar-refractivity contribution in [3.8, 4) is 11.8 Å². The Morgan fingerprint density at radius 1 is 1.48 bits per heavy atom. The summed E-state index contributed by atoms with van der Waals surface area (Å²) in [6.07, 6.45) is 1.16. The van der Waals surface area contributed by atoms with Gasteiger partial charge in [0.15, 0.2) is 11.6 Å². The average molecular weight is 287 g/mol. The summed E-state index contributed by atoms with van der Waals surface area (Å²) in [6.45, 7) is 0. The number of ether oxygens (including phenoxy) is 1. The molecule has 0 aliphatic heterocycles. The van der Waals surface area contributed by atoms with Crippen molar-refractivity contribution in [3.05, 3.63) is 47.4 Å². The van der Waals surface area contributed by atoms with Crippen molar-refractivity contribution < 1.29 is 19.0 Å². The van der Waals surface area contributed by atoms with Gasteiger partial charge < -0.3 is 15.2 Å². The van der Waals surface area contributed by atoms with Crippen LogP contribution < -0.4 is 10.1 Å². The first kappa shape index (κ1) is 14.3. The highest BCUT2D eigenvalue weighted by Crippen LogP contribution is 2.31. The number of benzene rings is 1. The number of carbonyl (C=O) groups is 1. The van der Waals surface area contributed by atoms with Crippen LogP contribution >= 0.6 is 0 Å². The molecule has 2 rings (SSSR count). The van der Waals surface area contributed by atoms with Crippen LogP contribution in [0.1, 0.15) is 15.9 Å². The molecule has 0 fully saturated rings. The van der Waals surface area contributed by atoms with Crippen molar-refractivity contribution in [1.29, 1.82) is 5.26 Å². The fraction of sp³-hybridized carbons (Fsp3) is 0.0714. The molecule has 1 heterocycles. The van der Waals surface area contributed by atoms with E-state index >= 15 is 0 Å². The molecule has 0 bridgehead atoms. The van der Waals surface area contributed by atoms with Crippen molar-refractivity contribution in [3.63, 3.8) is 0 Å². The maximum Gasteiger partial charge on any atom is 0.338 e. The lowest BCUT2D eigenvalue weighted by atomic mass is 10.1. The number of methoxy groups -OCH3 is 1. The molecule has 0 aliphatic carbocycles. The topological polar surface area (TPSA) is 95.2 Å². The summed E-state index contributed by atoms with van der Waals surface area (Å²) in [5, 5.41) is 20.6. The molecule has 0 amide bonds. The molecule has 7 heteroatoms. The van der Waals surface area contributed by atoms with Gasteiger partial charge in [-0.3, -0.25) is 0 Å². The largest absolute Gasteiger partial charge is 0.495 e. The van der Waals surface area contributed by atoms with E-state index in [1.54, 1.807) is 12.1 Å². The van der Waals surface area contributed by atoms with Gasteiger partial charge in [-0.05, 0) is 18.2 Å². The standard InChI is InChI=1S/C14H10FN3O3/c1-21-10-4-2-3-8(7-16)12(10)18-13-11(15)9(14(19)20)5-6-17-13/h2-6H,1H3,(H,17,18)(H,19,20). The third-order valence-corrected chi connectivity index (χ3v) is 2.73. The van der Waals surface area contributed by atoms with Gasteiger partial charge in [0.2, 0.25) is 0 Å². The first-order chi connectivity index (χ1) is 10.1. The third kappa shape index (κ3) is 2.74. The van der Waals surface area contributed by atoms with E-state index in [2.05, 4.69) is 10.3 Å². The molecule has 2 N–H and O–H groups in total. The highest BCUT2D eigenvalue weighted by atomic mass is 19.1. The summed E-state index contributed by atoms with van der Waals surface area (Å²) in [6, 6.07) is 7.70. The number of aromatic nitrogens is 1. The summed E-state index contributed by atoms with van der Waals surface area (Å²) in [5.74, 6) is -2.40. The summed E-state index contributed by atoms with van der Waals surface area (Å²) >= 11 is 0. The summed E-state index contributed by atoms with van der Waals surface area (Å²) in [4.78, 5) is 14.7. The van der Waals surface area contributed by atoms with Crippen LogP contribution in [0.2, 0.25) is 0 Å². The number of nitrogens with one attached hydrogen (secondary N) is 1. The van der Waals surface area contributed by atoms with Gasteiger partial charge in [-0.2, -0.15) is 5.26 Å². The minimum Gasteiger partial charge on any atom is -0.495 e. The number of carboxylic acid groups (broad SMARTS) is 1. The highest BCUT2D eigenvalue weighted by molar-refractivity contribution is 5.89. The second-order valence-corrected chi connectivity index (χ2v) is 3.95. The predicted octanol–water partition coefficient (Wildman–Crippen LogP) is 2.54. The molecule has 6 nitrogen and oxygen atoms in total. The van der Waals surface area contributed by atoms with Crippen LogP contribution in [0.5, 0.6) is 5.75 Å². The molecule has 106 valence electrons. The zero-order valence-electron chi connectivity index (χ0n) is 10.9. The number of nitriles is 1. The van der Waals surface area contributed by atoms with E-state index < -0.39 is 17.3 Å². The quantitative estimate of drug-likeness (QED) is 0.897. The second-order valence-electron chi connectivity index (χ2n) is 3.95. The summed E-state index contributed by atoms with van der Waals surface area (Å²) in [5.41, 5.74) is -0.0753. The van der Waals surface area contributed by atoms with Gasteiger partial charge >= 0.3 is 5.97 Å². The first-order valence-corrected chi connectivity index (χ1v) is 5.80. The molecule has 0 radical (unpaired) electrons. The maximum absolute atomic E-state index is 14.1. The zero-order valence-corrected chi connectivity index (χ0v) is 10.9. The van der Waals surface area contributed by atoms with Gasteiger partial charge in [-0.1, -0.05) is 6.07 Å². The molecule has 0 atom stereocenters. The molecular formula is C14H10FN3O3. The molecule has 21 heavy (non-hydrogen) atoms. The van der Waals surface area contributed by atoms with Crippen molar-refractivity contribution >= 4 is 17.5 Å². The lowest BCUT2D eigenvalue weighted by Gasteiger charge is -2.13. The molecule has 0 saturated heterocycles. The van der Waals surface area contributed by atoms with Gasteiger partial charge in [-0.15, -0.1) is 0 Å². The number of para-hydroxylation sites is 1. The highest BCUT2D eigenvalue weighted by Gasteiger charge is 2.17. The number of rotatable bonds is 4. The first-order valence-electron chi connectivity index (χ1n) is 5.80. The lowest BCUT2D eigenvalue weighted by molar-refractivity contribution is 0.0692. The molecular weight excluding hydrogens is 277 g/mol. The van der Waals surface area contributed by atoms with E-state index in [-0.39, 0.29) is 17.1 Å². The van der Waals surface area contributed by atoms with E-state index in [0.717, 1.165) is 12.3 Å². The Bertz CT molecular complexity index is 741. The van der Waals surface area contributed by atoms with Crippen molar-refractivity contribution in [2.75, 3.05) is 12.4 Å². The number of anilines is 2. The number of carboxylic acids is 1. The molecule has 2 aromatic rings. The van der Waals surface area contributed by atoms with Gasteiger partial charge in [0.25, 0.3) is 0 Å². The van der Waals surface area contributed by atoms with E-state index in [0.29, 0.717) is 5.75 Å². The molecule has 0 spiro atoms. The number of pyridine rings is 1. The second kappa shape index (κ2) is 5.88. The maximum atomic E-state index is 14.1. The molecule has 1 aromatic carbocycles. The van der Waals surface area contributed by atoms with Crippen LogP contribution in [0.15, 0.2) is 30.5 Å². The molecule has 0 unspecified atom stereocenters. The number of hydrogen-bond donors (Lipinski definition) is 2. The normalized spacial score (nSPS) is 9.76. The number of nitrogens with zero attached hydrogens (tertiary/aromatic N) is 2. The van der Waals surface area contributed by atoms with E-state index in [4.69, 9.17) is 15.1 Å².